The van der Waals surface area contributed by atoms with Gasteiger partial charge in [-0.25, -0.2) is 4.39 Å². The van der Waals surface area contributed by atoms with E-state index in [9.17, 15) is 19.3 Å². The number of rotatable bonds is 4. The number of benzene rings is 2. The number of amides is 1. The number of nitro benzene ring substituents is 1. The van der Waals surface area contributed by atoms with Gasteiger partial charge in [0.2, 0.25) is 0 Å². The Morgan fingerprint density at radius 3 is 2.52 bits per heavy atom. The summed E-state index contributed by atoms with van der Waals surface area (Å²) in [6, 6.07) is 8.16. The standard InChI is InChI=1S/C15H13BrFN3O3/c1-19(2)14-6-4-10(20(22)23)8-11(14)15(21)18-13-5-3-9(16)7-12(13)17/h3-8H,1-2H3,(H,18,21). The molecule has 2 aromatic rings. The number of carbonyl (C=O) groups is 1. The fraction of sp³-hybridized carbons (Fsp3) is 0.133. The molecule has 0 saturated carbocycles. The maximum Gasteiger partial charge on any atom is 0.270 e. The minimum atomic E-state index is -0.626. The number of anilines is 2. The highest BCUT2D eigenvalue weighted by molar-refractivity contribution is 9.10. The Hall–Kier alpha value is -2.48. The normalized spacial score (nSPS) is 10.3. The first-order valence-electron chi connectivity index (χ1n) is 6.51. The van der Waals surface area contributed by atoms with Gasteiger partial charge in [-0.15, -0.1) is 0 Å². The summed E-state index contributed by atoms with van der Waals surface area (Å²) in [5.41, 5.74) is 0.364. The fourth-order valence-corrected chi connectivity index (χ4v) is 2.32. The number of nitrogens with zero attached hydrogens (tertiary/aromatic N) is 2. The molecule has 6 nitrogen and oxygen atoms in total. The third kappa shape index (κ3) is 3.84. The van der Waals surface area contributed by atoms with Crippen LogP contribution in [0.3, 0.4) is 0 Å². The molecule has 2 rings (SSSR count). The van der Waals surface area contributed by atoms with Crippen molar-refractivity contribution < 1.29 is 14.1 Å². The number of nitrogens with one attached hydrogen (secondary N) is 1. The van der Waals surface area contributed by atoms with Gasteiger partial charge in [0, 0.05) is 36.4 Å². The molecule has 120 valence electrons. The second-order valence-corrected chi connectivity index (χ2v) is 5.85. The highest BCUT2D eigenvalue weighted by atomic mass is 79.9. The van der Waals surface area contributed by atoms with Crippen molar-refractivity contribution in [1.29, 1.82) is 0 Å². The van der Waals surface area contributed by atoms with Crippen LogP contribution in [0.25, 0.3) is 0 Å². The van der Waals surface area contributed by atoms with Crippen molar-refractivity contribution in [3.05, 3.63) is 62.4 Å². The number of carbonyl (C=O) groups excluding carboxylic acids is 1. The average Bonchev–Trinajstić information content (AvgIpc) is 2.49. The zero-order valence-electron chi connectivity index (χ0n) is 12.3. The summed E-state index contributed by atoms with van der Waals surface area (Å²) in [5, 5.41) is 13.3. The highest BCUT2D eigenvalue weighted by Gasteiger charge is 2.19. The molecule has 0 radical (unpaired) electrons. The molecule has 8 heteroatoms. The van der Waals surface area contributed by atoms with Gasteiger partial charge in [0.1, 0.15) is 5.82 Å². The van der Waals surface area contributed by atoms with Crippen LogP contribution >= 0.6 is 15.9 Å². The molecule has 0 bridgehead atoms. The Morgan fingerprint density at radius 2 is 1.96 bits per heavy atom. The van der Waals surface area contributed by atoms with Crippen molar-refractivity contribution >= 4 is 38.9 Å². The lowest BCUT2D eigenvalue weighted by atomic mass is 10.1. The number of non-ortho nitro benzene ring substituents is 1. The topological polar surface area (TPSA) is 75.5 Å². The first kappa shape index (κ1) is 16.9. The predicted octanol–water partition coefficient (Wildman–Crippen LogP) is 3.81. The highest BCUT2D eigenvalue weighted by Crippen LogP contribution is 2.26. The van der Waals surface area contributed by atoms with Crippen LogP contribution in [0.4, 0.5) is 21.5 Å². The number of nitro groups is 1. The van der Waals surface area contributed by atoms with Crippen molar-refractivity contribution in [3.8, 4) is 0 Å². The van der Waals surface area contributed by atoms with E-state index in [1.54, 1.807) is 25.1 Å². The third-order valence-corrected chi connectivity index (χ3v) is 3.59. The van der Waals surface area contributed by atoms with Gasteiger partial charge < -0.3 is 10.2 Å². The Labute approximate surface area is 140 Å². The molecule has 0 heterocycles. The second kappa shape index (κ2) is 6.74. The van der Waals surface area contributed by atoms with E-state index < -0.39 is 16.6 Å². The molecular formula is C15H13BrFN3O3. The average molecular weight is 382 g/mol. The zero-order chi connectivity index (χ0) is 17.1. The largest absolute Gasteiger partial charge is 0.377 e. The van der Waals surface area contributed by atoms with E-state index >= 15 is 0 Å². The Bertz CT molecular complexity index is 781. The second-order valence-electron chi connectivity index (χ2n) is 4.93. The zero-order valence-corrected chi connectivity index (χ0v) is 13.9. The van der Waals surface area contributed by atoms with Crippen LogP contribution < -0.4 is 10.2 Å². The van der Waals surface area contributed by atoms with E-state index in [0.717, 1.165) is 0 Å². The van der Waals surface area contributed by atoms with Crippen LogP contribution in [0.5, 0.6) is 0 Å². The summed E-state index contributed by atoms with van der Waals surface area (Å²) in [6.07, 6.45) is 0. The van der Waals surface area contributed by atoms with Crippen molar-refractivity contribution in [1.82, 2.24) is 0 Å². The minimum Gasteiger partial charge on any atom is -0.377 e. The molecule has 23 heavy (non-hydrogen) atoms. The molecule has 0 unspecified atom stereocenters. The maximum atomic E-state index is 13.8. The van der Waals surface area contributed by atoms with E-state index in [0.29, 0.717) is 10.2 Å². The van der Waals surface area contributed by atoms with Gasteiger partial charge in [0.25, 0.3) is 11.6 Å². The molecule has 0 saturated heterocycles. The van der Waals surface area contributed by atoms with Crippen molar-refractivity contribution in [2.24, 2.45) is 0 Å². The van der Waals surface area contributed by atoms with Gasteiger partial charge in [0.05, 0.1) is 16.2 Å². The van der Waals surface area contributed by atoms with Crippen molar-refractivity contribution in [2.45, 2.75) is 0 Å². The molecule has 0 aliphatic rings. The smallest absolute Gasteiger partial charge is 0.270 e. The fourth-order valence-electron chi connectivity index (χ4n) is 1.99. The summed E-state index contributed by atoms with van der Waals surface area (Å²) >= 11 is 3.13. The van der Waals surface area contributed by atoms with Gasteiger partial charge in [0.15, 0.2) is 0 Å². The summed E-state index contributed by atoms with van der Waals surface area (Å²) in [5.74, 6) is -1.23. The monoisotopic (exact) mass is 381 g/mol. The maximum absolute atomic E-state index is 13.8. The molecule has 0 spiro atoms. The SMILES string of the molecule is CN(C)c1ccc([N+](=O)[O-])cc1C(=O)Nc1ccc(Br)cc1F. The van der Waals surface area contributed by atoms with Gasteiger partial charge in [-0.05, 0) is 24.3 Å². The summed E-state index contributed by atoms with van der Waals surface area (Å²) < 4.78 is 14.4. The van der Waals surface area contributed by atoms with E-state index in [-0.39, 0.29) is 16.9 Å². The van der Waals surface area contributed by atoms with Gasteiger partial charge in [-0.1, -0.05) is 15.9 Å². The van der Waals surface area contributed by atoms with Crippen LogP contribution in [0.15, 0.2) is 40.9 Å². The van der Waals surface area contributed by atoms with Gasteiger partial charge >= 0.3 is 0 Å². The van der Waals surface area contributed by atoms with E-state index in [2.05, 4.69) is 21.2 Å². The van der Waals surface area contributed by atoms with Gasteiger partial charge in [-0.2, -0.15) is 0 Å². The number of halogens is 2. The van der Waals surface area contributed by atoms with Crippen LogP contribution in [0.1, 0.15) is 10.4 Å². The van der Waals surface area contributed by atoms with Crippen LogP contribution in [0.2, 0.25) is 0 Å². The number of hydrogen-bond donors (Lipinski definition) is 1. The Morgan fingerprint density at radius 1 is 1.26 bits per heavy atom. The Balaban J connectivity index is 2.40. The molecule has 0 fully saturated rings. The summed E-state index contributed by atoms with van der Waals surface area (Å²) in [4.78, 5) is 24.4. The van der Waals surface area contributed by atoms with E-state index in [1.807, 2.05) is 0 Å². The van der Waals surface area contributed by atoms with Crippen molar-refractivity contribution in [3.63, 3.8) is 0 Å². The van der Waals surface area contributed by atoms with Crippen LogP contribution in [-0.4, -0.2) is 24.9 Å². The van der Waals surface area contributed by atoms with Crippen LogP contribution in [0, 0.1) is 15.9 Å². The summed E-state index contributed by atoms with van der Waals surface area (Å²) in [7, 11) is 3.41. The first-order chi connectivity index (χ1) is 10.8. The number of hydrogen-bond acceptors (Lipinski definition) is 4. The lowest BCUT2D eigenvalue weighted by Gasteiger charge is -2.17. The lowest BCUT2D eigenvalue weighted by Crippen LogP contribution is -2.19. The molecule has 0 atom stereocenters. The first-order valence-corrected chi connectivity index (χ1v) is 7.31. The molecule has 0 aromatic heterocycles. The molecular weight excluding hydrogens is 369 g/mol. The molecule has 0 aliphatic heterocycles. The Kier molecular flexibility index (Phi) is 4.95. The predicted molar refractivity (Wildman–Crippen MR) is 89.5 cm³/mol. The minimum absolute atomic E-state index is 0.00517. The van der Waals surface area contributed by atoms with E-state index in [4.69, 9.17) is 0 Å². The summed E-state index contributed by atoms with van der Waals surface area (Å²) in [6.45, 7) is 0. The van der Waals surface area contributed by atoms with E-state index in [1.165, 1.54) is 30.3 Å². The quantitative estimate of drug-likeness (QED) is 0.645. The van der Waals surface area contributed by atoms with Crippen LogP contribution in [-0.2, 0) is 0 Å². The molecule has 1 amide bonds. The molecule has 0 aliphatic carbocycles. The molecule has 2 aromatic carbocycles. The van der Waals surface area contributed by atoms with Gasteiger partial charge in [-0.3, -0.25) is 14.9 Å². The van der Waals surface area contributed by atoms with Crippen molar-refractivity contribution in [2.75, 3.05) is 24.3 Å². The third-order valence-electron chi connectivity index (χ3n) is 3.10. The molecule has 1 N–H and O–H groups in total. The lowest BCUT2D eigenvalue weighted by molar-refractivity contribution is -0.384.